The third-order valence-corrected chi connectivity index (χ3v) is 17.4. The second-order valence-corrected chi connectivity index (χ2v) is 23.4. The Hall–Kier alpha value is -3.48. The SMILES string of the molecule is O=C(O)CC(=O)OC[C@H]1O[C@@H](OC2CC3C(O)CC(O[C@@H]4O[C@H](COC(=O)C=CC5CCC(O[C@@H]6O[C@H](COC(=O)C=CC7CCC(O)C(O)C7)[C@@H](O)[C@H](O)[C@H]6O)C(O)C5)[C@@H](O)[C@H](O)[C@H]4O)CC3OC2C2CCC(O)CC2)[C@H](O)[C@@H](O)[C@@H]1O. The first-order valence-electron chi connectivity index (χ1n) is 28.6. The van der Waals surface area contributed by atoms with Crippen molar-refractivity contribution in [3.8, 4) is 0 Å². The average Bonchev–Trinajstić information content (AvgIpc) is 3.62. The lowest BCUT2D eigenvalue weighted by Gasteiger charge is -2.51. The van der Waals surface area contributed by atoms with Crippen LogP contribution < -0.4 is 0 Å². The molecule has 472 valence electrons. The van der Waals surface area contributed by atoms with E-state index in [4.69, 9.17) is 52.5 Å². The summed E-state index contributed by atoms with van der Waals surface area (Å²) in [5.41, 5.74) is 0. The minimum atomic E-state index is -1.84. The van der Waals surface area contributed by atoms with Crippen molar-refractivity contribution >= 4 is 23.9 Å². The maximum Gasteiger partial charge on any atom is 0.330 e. The molecule has 12 unspecified atom stereocenters. The van der Waals surface area contributed by atoms with Crippen molar-refractivity contribution in [1.82, 2.24) is 0 Å². The summed E-state index contributed by atoms with van der Waals surface area (Å²) in [6.45, 7) is -1.81. The van der Waals surface area contributed by atoms with Gasteiger partial charge in [0.25, 0.3) is 0 Å². The van der Waals surface area contributed by atoms with E-state index in [1.807, 2.05) is 0 Å². The van der Waals surface area contributed by atoms with E-state index in [-0.39, 0.29) is 56.3 Å². The third kappa shape index (κ3) is 16.8. The van der Waals surface area contributed by atoms with Gasteiger partial charge in [-0.2, -0.15) is 0 Å². The molecule has 4 heterocycles. The molecule has 8 aliphatic rings. The van der Waals surface area contributed by atoms with Crippen LogP contribution in [0.1, 0.15) is 89.9 Å². The number of carboxylic acid groups (broad SMARTS) is 1. The molecule has 29 nitrogen and oxygen atoms in total. The van der Waals surface area contributed by atoms with Gasteiger partial charge in [0.15, 0.2) is 18.9 Å². The van der Waals surface area contributed by atoms with Crippen LogP contribution in [0.5, 0.6) is 0 Å². The summed E-state index contributed by atoms with van der Waals surface area (Å²) >= 11 is 0. The predicted octanol–water partition coefficient (Wildman–Crippen LogP) is -5.06. The Kier molecular flexibility index (Phi) is 23.3. The molecular weight excluding hydrogens is 1110 g/mol. The van der Waals surface area contributed by atoms with Gasteiger partial charge < -0.3 is 124 Å². The fraction of sp³-hybridized carbons (Fsp3) is 0.852. The summed E-state index contributed by atoms with van der Waals surface area (Å²) in [7, 11) is 0. The summed E-state index contributed by atoms with van der Waals surface area (Å²) in [6.07, 6.45) is -25.3. The third-order valence-electron chi connectivity index (χ3n) is 17.4. The van der Waals surface area contributed by atoms with Crippen molar-refractivity contribution in [2.45, 2.75) is 243 Å². The summed E-state index contributed by atoms with van der Waals surface area (Å²) in [5, 5.41) is 158. The molecule has 29 heteroatoms. The first-order valence-corrected chi connectivity index (χ1v) is 28.6. The number of rotatable bonds is 19. The number of fused-ring (bicyclic) bond motifs is 1. The fourth-order valence-electron chi connectivity index (χ4n) is 12.5. The predicted molar refractivity (Wildman–Crippen MR) is 271 cm³/mol. The quantitative estimate of drug-likeness (QED) is 0.0249. The molecule has 0 aromatic heterocycles. The lowest BCUT2D eigenvalue weighted by Crippen LogP contribution is -2.62. The van der Waals surface area contributed by atoms with Gasteiger partial charge in [0.1, 0.15) is 99.5 Å². The minimum absolute atomic E-state index is 0.0441. The lowest BCUT2D eigenvalue weighted by molar-refractivity contribution is -0.338. The molecule has 4 aliphatic heterocycles. The number of carbonyl (C=O) groups is 4. The molecule has 4 saturated heterocycles. The van der Waals surface area contributed by atoms with Crippen molar-refractivity contribution in [2.75, 3.05) is 19.8 Å². The van der Waals surface area contributed by atoms with Crippen molar-refractivity contribution in [3.05, 3.63) is 24.3 Å². The summed E-state index contributed by atoms with van der Waals surface area (Å²) in [5.74, 6) is -5.64. The van der Waals surface area contributed by atoms with Crippen LogP contribution in [-0.2, 0) is 66.5 Å². The van der Waals surface area contributed by atoms with Crippen LogP contribution in [0.4, 0.5) is 0 Å². The molecule has 27 atom stereocenters. The van der Waals surface area contributed by atoms with Crippen molar-refractivity contribution in [2.24, 2.45) is 23.7 Å². The van der Waals surface area contributed by atoms with E-state index in [9.17, 15) is 90.7 Å². The molecule has 4 aliphatic carbocycles. The molecule has 4 saturated carbocycles. The molecular formula is C54H82O29. The number of carboxylic acids is 1. The highest BCUT2D eigenvalue weighted by atomic mass is 16.7. The summed E-state index contributed by atoms with van der Waals surface area (Å²) in [6, 6.07) is 0. The molecule has 8 fully saturated rings. The number of esters is 3. The maximum absolute atomic E-state index is 13.0. The number of carbonyl (C=O) groups excluding carboxylic acids is 3. The van der Waals surface area contributed by atoms with E-state index in [1.165, 1.54) is 6.08 Å². The maximum atomic E-state index is 13.0. The first-order chi connectivity index (χ1) is 39.4. The monoisotopic (exact) mass is 1190 g/mol. The number of aliphatic carboxylic acids is 1. The lowest BCUT2D eigenvalue weighted by atomic mass is 9.73. The molecule has 83 heavy (non-hydrogen) atoms. The van der Waals surface area contributed by atoms with Crippen LogP contribution in [-0.4, -0.2) is 273 Å². The number of ether oxygens (including phenoxy) is 10. The topological polar surface area (TPSA) is 464 Å². The van der Waals surface area contributed by atoms with Crippen LogP contribution >= 0.6 is 0 Å². The molecule has 0 radical (unpaired) electrons. The number of aliphatic hydroxyl groups is 14. The molecule has 15 N–H and O–H groups in total. The standard InChI is InChI=1S/C54H82O29/c55-25-7-5-24(6-8-25)51-34(80-54-50(73)47(70)44(67)37(83-54)21-76-41(64)18-38(60)61)17-27-29(57)15-26(16-33(27)78-51)77-52-48(71)45(68)42(65)35(81-52)19-74-40(63)12-4-23-2-10-32(31(59)14-23)79-53-49(72)46(69)43(66)36(82-53)20-75-39(62)11-3-22-1-9-28(56)30(58)13-22/h3-4,11-12,22-37,42-59,65-73H,1-2,5-10,13-21H2,(H,60,61)/t22?,23?,24?,25?,26?,27?,28?,29?,30?,31?,32?,33?,34?,35-,36-,37-,42-,43-,44-,45+,46+,47+,48-,49-,50-,51?,52-,53-,54-/m1/s1. The molecule has 0 spiro atoms. The van der Waals surface area contributed by atoms with Crippen LogP contribution in [0.25, 0.3) is 0 Å². The highest BCUT2D eigenvalue weighted by Crippen LogP contribution is 2.45. The van der Waals surface area contributed by atoms with E-state index in [2.05, 4.69) is 0 Å². The van der Waals surface area contributed by atoms with Gasteiger partial charge in [0.05, 0.1) is 61.0 Å². The normalized spacial score (nSPS) is 46.2. The Bertz CT molecular complexity index is 2180. The number of hydrogen-bond donors (Lipinski definition) is 15. The smallest absolute Gasteiger partial charge is 0.330 e. The second-order valence-electron chi connectivity index (χ2n) is 23.4. The summed E-state index contributed by atoms with van der Waals surface area (Å²) < 4.78 is 57.8. The molecule has 0 aromatic rings. The van der Waals surface area contributed by atoms with Crippen LogP contribution in [0.2, 0.25) is 0 Å². The van der Waals surface area contributed by atoms with Gasteiger partial charge in [-0.05, 0) is 88.4 Å². The van der Waals surface area contributed by atoms with Gasteiger partial charge >= 0.3 is 23.9 Å². The Morgan fingerprint density at radius 3 is 1.42 bits per heavy atom. The van der Waals surface area contributed by atoms with Crippen LogP contribution in [0.15, 0.2) is 24.3 Å². The first kappa shape index (κ1) is 65.5. The average molecular weight is 1200 g/mol. The Morgan fingerprint density at radius 2 is 0.916 bits per heavy atom. The van der Waals surface area contributed by atoms with Gasteiger partial charge in [-0.15, -0.1) is 0 Å². The van der Waals surface area contributed by atoms with Crippen molar-refractivity contribution < 1.29 is 143 Å². The zero-order valence-corrected chi connectivity index (χ0v) is 45.5. The zero-order valence-electron chi connectivity index (χ0n) is 45.5. The number of hydrogen-bond acceptors (Lipinski definition) is 28. The van der Waals surface area contributed by atoms with E-state index >= 15 is 0 Å². The highest BCUT2D eigenvalue weighted by molar-refractivity contribution is 5.90. The molecule has 0 amide bonds. The van der Waals surface area contributed by atoms with Crippen molar-refractivity contribution in [1.29, 1.82) is 0 Å². The fourth-order valence-corrected chi connectivity index (χ4v) is 12.5. The highest BCUT2D eigenvalue weighted by Gasteiger charge is 2.54. The van der Waals surface area contributed by atoms with E-state index in [1.54, 1.807) is 6.08 Å². The molecule has 0 aromatic carbocycles. The van der Waals surface area contributed by atoms with Gasteiger partial charge in [0, 0.05) is 30.9 Å². The number of allylic oxidation sites excluding steroid dienone is 2. The van der Waals surface area contributed by atoms with Crippen LogP contribution in [0, 0.1) is 23.7 Å². The van der Waals surface area contributed by atoms with Gasteiger partial charge in [-0.25, -0.2) is 9.59 Å². The van der Waals surface area contributed by atoms with Gasteiger partial charge in [-0.1, -0.05) is 12.2 Å². The van der Waals surface area contributed by atoms with Crippen molar-refractivity contribution in [3.63, 3.8) is 0 Å². The van der Waals surface area contributed by atoms with E-state index in [0.29, 0.717) is 44.9 Å². The Morgan fingerprint density at radius 1 is 0.434 bits per heavy atom. The summed E-state index contributed by atoms with van der Waals surface area (Å²) in [4.78, 5) is 48.3. The Balaban J connectivity index is 0.800. The minimum Gasteiger partial charge on any atom is -0.481 e. The van der Waals surface area contributed by atoms with E-state index in [0.717, 1.165) is 12.2 Å². The Labute approximate surface area is 476 Å². The zero-order chi connectivity index (χ0) is 60.0. The van der Waals surface area contributed by atoms with Gasteiger partial charge in [0.2, 0.25) is 0 Å². The molecule has 0 bridgehead atoms. The molecule has 8 rings (SSSR count). The second kappa shape index (κ2) is 29.5. The van der Waals surface area contributed by atoms with Gasteiger partial charge in [-0.3, -0.25) is 9.59 Å². The van der Waals surface area contributed by atoms with Crippen LogP contribution in [0.3, 0.4) is 0 Å². The van der Waals surface area contributed by atoms with E-state index < -0.39 is 209 Å². The number of aliphatic hydroxyl groups excluding tert-OH is 14. The largest absolute Gasteiger partial charge is 0.481 e.